The number of piperidine rings is 1. The van der Waals surface area contributed by atoms with Crippen molar-refractivity contribution in [2.24, 2.45) is 0 Å². The van der Waals surface area contributed by atoms with Crippen molar-refractivity contribution >= 4 is 17.4 Å². The summed E-state index contributed by atoms with van der Waals surface area (Å²) in [4.78, 5) is 17.8. The largest absolute Gasteiger partial charge is 0.397 e. The van der Waals surface area contributed by atoms with Crippen LogP contribution in [0, 0.1) is 0 Å². The quantitative estimate of drug-likeness (QED) is 0.821. The van der Waals surface area contributed by atoms with Gasteiger partial charge in [0.2, 0.25) is 5.91 Å². The maximum absolute atomic E-state index is 11.8. The molecule has 0 aliphatic carbocycles. The second-order valence-electron chi connectivity index (χ2n) is 4.27. The monoisotopic (exact) mass is 234 g/mol. The number of rotatable bonds is 3. The van der Waals surface area contributed by atoms with E-state index in [0.29, 0.717) is 18.1 Å². The number of anilines is 2. The summed E-state index contributed by atoms with van der Waals surface area (Å²) in [5.74, 6) is 0.827. The molecule has 1 saturated heterocycles. The summed E-state index contributed by atoms with van der Waals surface area (Å²) in [6.07, 6.45) is 5.04. The van der Waals surface area contributed by atoms with Crippen LogP contribution in [0.5, 0.6) is 0 Å². The van der Waals surface area contributed by atoms with E-state index in [9.17, 15) is 4.79 Å². The van der Waals surface area contributed by atoms with Gasteiger partial charge in [-0.05, 0) is 31.4 Å². The first kappa shape index (κ1) is 11.7. The number of nitrogens with two attached hydrogens (primary N) is 1. The molecule has 0 bridgehead atoms. The Hall–Kier alpha value is -1.78. The first-order valence-corrected chi connectivity index (χ1v) is 5.99. The number of carbonyl (C=O) groups excluding carboxylic acids is 1. The number of amides is 1. The van der Waals surface area contributed by atoms with Crippen LogP contribution in [0.4, 0.5) is 11.5 Å². The Bertz CT molecular complexity index is 371. The second kappa shape index (κ2) is 5.52. The molecule has 1 aromatic rings. The maximum atomic E-state index is 11.8. The van der Waals surface area contributed by atoms with Crippen LogP contribution in [0.1, 0.15) is 19.3 Å². The summed E-state index contributed by atoms with van der Waals surface area (Å²) in [6.45, 7) is 2.07. The van der Waals surface area contributed by atoms with E-state index in [2.05, 4.69) is 10.3 Å². The molecule has 1 amide bonds. The molecule has 3 N–H and O–H groups in total. The molecule has 1 fully saturated rings. The number of pyridine rings is 1. The van der Waals surface area contributed by atoms with Gasteiger partial charge in [-0.2, -0.15) is 0 Å². The van der Waals surface area contributed by atoms with Gasteiger partial charge in [-0.3, -0.25) is 4.79 Å². The molecular formula is C12H18N4O. The molecule has 0 saturated carbocycles. The van der Waals surface area contributed by atoms with Crippen LogP contribution in [0.15, 0.2) is 18.3 Å². The Balaban J connectivity index is 1.81. The van der Waals surface area contributed by atoms with E-state index in [1.165, 1.54) is 6.42 Å². The highest BCUT2D eigenvalue weighted by Gasteiger charge is 2.15. The smallest absolute Gasteiger partial charge is 0.241 e. The van der Waals surface area contributed by atoms with E-state index >= 15 is 0 Å². The van der Waals surface area contributed by atoms with Gasteiger partial charge in [0.25, 0.3) is 0 Å². The number of nitrogen functional groups attached to an aromatic ring is 1. The van der Waals surface area contributed by atoms with E-state index in [1.54, 1.807) is 18.3 Å². The third-order valence-electron chi connectivity index (χ3n) is 2.92. The van der Waals surface area contributed by atoms with Gasteiger partial charge in [-0.15, -0.1) is 0 Å². The Morgan fingerprint density at radius 1 is 1.35 bits per heavy atom. The lowest BCUT2D eigenvalue weighted by molar-refractivity contribution is -0.130. The van der Waals surface area contributed by atoms with Crippen molar-refractivity contribution in [3.8, 4) is 0 Å². The lowest BCUT2D eigenvalue weighted by atomic mass is 10.1. The maximum Gasteiger partial charge on any atom is 0.241 e. The number of aromatic nitrogens is 1. The van der Waals surface area contributed by atoms with Crippen molar-refractivity contribution in [2.45, 2.75) is 19.3 Å². The van der Waals surface area contributed by atoms with Crippen LogP contribution in [-0.4, -0.2) is 35.4 Å². The predicted octanol–water partition coefficient (Wildman–Crippen LogP) is 1.09. The average Bonchev–Trinajstić information content (AvgIpc) is 2.39. The Labute approximate surface area is 101 Å². The van der Waals surface area contributed by atoms with Crippen LogP contribution < -0.4 is 11.1 Å². The van der Waals surface area contributed by atoms with Crippen LogP contribution in [-0.2, 0) is 4.79 Å². The molecule has 2 rings (SSSR count). The standard InChI is InChI=1S/C12H18N4O/c13-10-4-5-11(14-8-10)15-9-12(17)16-6-2-1-3-7-16/h4-5,8H,1-3,6-7,9,13H2,(H,14,15). The van der Waals surface area contributed by atoms with Gasteiger partial charge in [0, 0.05) is 13.1 Å². The van der Waals surface area contributed by atoms with E-state index in [0.717, 1.165) is 25.9 Å². The number of hydrogen-bond donors (Lipinski definition) is 2. The highest BCUT2D eigenvalue weighted by Crippen LogP contribution is 2.09. The van der Waals surface area contributed by atoms with Crippen molar-refractivity contribution in [3.05, 3.63) is 18.3 Å². The third-order valence-corrected chi connectivity index (χ3v) is 2.92. The van der Waals surface area contributed by atoms with Crippen molar-refractivity contribution in [1.82, 2.24) is 9.88 Å². The molecule has 1 aliphatic heterocycles. The summed E-state index contributed by atoms with van der Waals surface area (Å²) in [5.41, 5.74) is 6.16. The second-order valence-corrected chi connectivity index (χ2v) is 4.27. The highest BCUT2D eigenvalue weighted by molar-refractivity contribution is 5.80. The fourth-order valence-corrected chi connectivity index (χ4v) is 1.93. The zero-order valence-corrected chi connectivity index (χ0v) is 9.85. The molecular weight excluding hydrogens is 216 g/mol. The zero-order chi connectivity index (χ0) is 12.1. The zero-order valence-electron chi connectivity index (χ0n) is 9.85. The van der Waals surface area contributed by atoms with Crippen LogP contribution in [0.3, 0.4) is 0 Å². The molecule has 0 unspecified atom stereocenters. The first-order valence-electron chi connectivity index (χ1n) is 5.99. The summed E-state index contributed by atoms with van der Waals surface area (Å²) in [6, 6.07) is 3.54. The minimum atomic E-state index is 0.142. The Kier molecular flexibility index (Phi) is 3.80. The number of carbonyl (C=O) groups is 1. The van der Waals surface area contributed by atoms with Gasteiger partial charge in [-0.1, -0.05) is 0 Å². The molecule has 0 spiro atoms. The fourth-order valence-electron chi connectivity index (χ4n) is 1.93. The van der Waals surface area contributed by atoms with Gasteiger partial charge < -0.3 is 16.0 Å². The number of likely N-dealkylation sites (tertiary alicyclic amines) is 1. The van der Waals surface area contributed by atoms with Gasteiger partial charge in [0.1, 0.15) is 5.82 Å². The van der Waals surface area contributed by atoms with Crippen LogP contribution >= 0.6 is 0 Å². The lowest BCUT2D eigenvalue weighted by Gasteiger charge is -2.26. The molecule has 92 valence electrons. The Morgan fingerprint density at radius 2 is 2.12 bits per heavy atom. The highest BCUT2D eigenvalue weighted by atomic mass is 16.2. The van der Waals surface area contributed by atoms with Crippen LogP contribution in [0.25, 0.3) is 0 Å². The normalized spacial score (nSPS) is 15.6. The minimum absolute atomic E-state index is 0.142. The van der Waals surface area contributed by atoms with E-state index in [-0.39, 0.29) is 5.91 Å². The van der Waals surface area contributed by atoms with Crippen molar-refractivity contribution < 1.29 is 4.79 Å². The minimum Gasteiger partial charge on any atom is -0.397 e. The van der Waals surface area contributed by atoms with Crippen molar-refractivity contribution in [2.75, 3.05) is 30.7 Å². The molecule has 0 aromatic carbocycles. The van der Waals surface area contributed by atoms with Gasteiger partial charge in [0.15, 0.2) is 0 Å². The van der Waals surface area contributed by atoms with Gasteiger partial charge >= 0.3 is 0 Å². The van der Waals surface area contributed by atoms with E-state index in [4.69, 9.17) is 5.73 Å². The van der Waals surface area contributed by atoms with Crippen molar-refractivity contribution in [1.29, 1.82) is 0 Å². The van der Waals surface area contributed by atoms with Crippen LogP contribution in [0.2, 0.25) is 0 Å². The molecule has 17 heavy (non-hydrogen) atoms. The molecule has 0 radical (unpaired) electrons. The molecule has 2 heterocycles. The van der Waals surface area contributed by atoms with Crippen molar-refractivity contribution in [3.63, 3.8) is 0 Å². The van der Waals surface area contributed by atoms with Gasteiger partial charge in [-0.25, -0.2) is 4.98 Å². The first-order chi connectivity index (χ1) is 8.25. The Morgan fingerprint density at radius 3 is 2.76 bits per heavy atom. The molecule has 0 atom stereocenters. The average molecular weight is 234 g/mol. The molecule has 5 nitrogen and oxygen atoms in total. The SMILES string of the molecule is Nc1ccc(NCC(=O)N2CCCCC2)nc1. The molecule has 5 heteroatoms. The van der Waals surface area contributed by atoms with E-state index < -0.39 is 0 Å². The molecule has 1 aromatic heterocycles. The fraction of sp³-hybridized carbons (Fsp3) is 0.500. The summed E-state index contributed by atoms with van der Waals surface area (Å²) in [5, 5.41) is 3.01. The summed E-state index contributed by atoms with van der Waals surface area (Å²) in [7, 11) is 0. The number of nitrogens with one attached hydrogen (secondary N) is 1. The topological polar surface area (TPSA) is 71.2 Å². The number of nitrogens with zero attached hydrogens (tertiary/aromatic N) is 2. The number of hydrogen-bond acceptors (Lipinski definition) is 4. The molecule has 1 aliphatic rings. The summed E-state index contributed by atoms with van der Waals surface area (Å²) >= 11 is 0. The van der Waals surface area contributed by atoms with E-state index in [1.807, 2.05) is 4.90 Å². The lowest BCUT2D eigenvalue weighted by Crippen LogP contribution is -2.39. The third kappa shape index (κ3) is 3.34. The van der Waals surface area contributed by atoms with Gasteiger partial charge in [0.05, 0.1) is 18.4 Å². The predicted molar refractivity (Wildman–Crippen MR) is 67.6 cm³/mol. The summed E-state index contributed by atoms with van der Waals surface area (Å²) < 4.78 is 0.